The van der Waals surface area contributed by atoms with Crippen LogP contribution in [0.5, 0.6) is 0 Å². The second kappa shape index (κ2) is 7.33. The first-order valence-corrected chi connectivity index (χ1v) is 9.61. The van der Waals surface area contributed by atoms with E-state index in [9.17, 15) is 0 Å². The highest BCUT2D eigenvalue weighted by molar-refractivity contribution is 5.21. The van der Waals surface area contributed by atoms with Gasteiger partial charge in [0.2, 0.25) is 0 Å². The minimum atomic E-state index is 0.0384. The van der Waals surface area contributed by atoms with E-state index in [-0.39, 0.29) is 5.60 Å². The maximum Gasteiger partial charge on any atom is 0.0847 e. The standard InChI is InChI=1S/C20H31N3O2/c1-24-17-8-9-20(25-2)10-11-23(18(20)12-17)14-16-13-21-22-19(16)15-6-4-3-5-7-15/h3-7,16-19,21-22H,8-14H2,1-2H3/t16?,17-,18+,19?,20-/m0/s1. The normalized spacial score (nSPS) is 38.8. The smallest absolute Gasteiger partial charge is 0.0847 e. The Morgan fingerprint density at radius 2 is 2.04 bits per heavy atom. The highest BCUT2D eigenvalue weighted by Crippen LogP contribution is 2.43. The molecule has 25 heavy (non-hydrogen) atoms. The Morgan fingerprint density at radius 1 is 1.20 bits per heavy atom. The third kappa shape index (κ3) is 3.24. The van der Waals surface area contributed by atoms with E-state index in [1.54, 1.807) is 0 Å². The molecule has 3 aliphatic rings. The number of nitrogens with zero attached hydrogens (tertiary/aromatic N) is 1. The number of nitrogens with one attached hydrogen (secondary N) is 2. The third-order valence-electron chi connectivity index (χ3n) is 6.71. The van der Waals surface area contributed by atoms with Crippen molar-refractivity contribution in [3.8, 4) is 0 Å². The van der Waals surface area contributed by atoms with Crippen molar-refractivity contribution in [2.24, 2.45) is 5.92 Å². The van der Waals surface area contributed by atoms with Crippen LogP contribution in [0.4, 0.5) is 0 Å². The van der Waals surface area contributed by atoms with Gasteiger partial charge in [0.05, 0.1) is 17.7 Å². The van der Waals surface area contributed by atoms with Crippen LogP contribution in [0.15, 0.2) is 30.3 Å². The van der Waals surface area contributed by atoms with Gasteiger partial charge in [-0.3, -0.25) is 10.3 Å². The Hall–Kier alpha value is -0.980. The second-order valence-corrected chi connectivity index (χ2v) is 7.84. The Kier molecular flexibility index (Phi) is 5.11. The van der Waals surface area contributed by atoms with Gasteiger partial charge in [0, 0.05) is 45.8 Å². The molecule has 0 aromatic heterocycles. The molecule has 4 rings (SSSR count). The van der Waals surface area contributed by atoms with Crippen LogP contribution in [0.25, 0.3) is 0 Å². The van der Waals surface area contributed by atoms with Gasteiger partial charge in [-0.1, -0.05) is 30.3 Å². The lowest BCUT2D eigenvalue weighted by molar-refractivity contribution is -0.0950. The van der Waals surface area contributed by atoms with E-state index < -0.39 is 0 Å². The van der Waals surface area contributed by atoms with Crippen LogP contribution in [0.3, 0.4) is 0 Å². The van der Waals surface area contributed by atoms with Gasteiger partial charge in [-0.25, -0.2) is 5.43 Å². The quantitative estimate of drug-likeness (QED) is 0.856. The predicted molar refractivity (Wildman–Crippen MR) is 98.2 cm³/mol. The van der Waals surface area contributed by atoms with Gasteiger partial charge in [-0.05, 0) is 31.2 Å². The minimum Gasteiger partial charge on any atom is -0.381 e. The number of methoxy groups -OCH3 is 2. The predicted octanol–water partition coefficient (Wildman–Crippen LogP) is 2.11. The van der Waals surface area contributed by atoms with Gasteiger partial charge in [0.25, 0.3) is 0 Å². The van der Waals surface area contributed by atoms with Crippen molar-refractivity contribution in [3.63, 3.8) is 0 Å². The van der Waals surface area contributed by atoms with Crippen LogP contribution in [0, 0.1) is 5.92 Å². The van der Waals surface area contributed by atoms with Crippen LogP contribution in [0.1, 0.15) is 37.3 Å². The average molecular weight is 345 g/mol. The molecule has 2 aliphatic heterocycles. The monoisotopic (exact) mass is 345 g/mol. The molecule has 0 radical (unpaired) electrons. The molecule has 1 aliphatic carbocycles. The van der Waals surface area contributed by atoms with Crippen molar-refractivity contribution in [1.82, 2.24) is 15.8 Å². The zero-order valence-corrected chi connectivity index (χ0v) is 15.4. The van der Waals surface area contributed by atoms with E-state index in [1.165, 1.54) is 5.56 Å². The number of hydrazine groups is 1. The first kappa shape index (κ1) is 17.4. The first-order valence-electron chi connectivity index (χ1n) is 9.61. The summed E-state index contributed by atoms with van der Waals surface area (Å²) in [7, 11) is 3.75. The van der Waals surface area contributed by atoms with E-state index in [0.29, 0.717) is 24.1 Å². The number of rotatable bonds is 5. The molecule has 5 nitrogen and oxygen atoms in total. The van der Waals surface area contributed by atoms with Crippen molar-refractivity contribution >= 4 is 0 Å². The Bertz CT molecular complexity index is 569. The lowest BCUT2D eigenvalue weighted by Crippen LogP contribution is -2.52. The number of benzene rings is 1. The SMILES string of the molecule is CO[C@H]1CC[C@]2(OC)CCN(CC3CNNC3c3ccccc3)[C@@H]2C1. The maximum absolute atomic E-state index is 6.07. The van der Waals surface area contributed by atoms with E-state index in [4.69, 9.17) is 9.47 Å². The zero-order valence-electron chi connectivity index (χ0n) is 15.4. The summed E-state index contributed by atoms with van der Waals surface area (Å²) in [5.74, 6) is 0.568. The van der Waals surface area contributed by atoms with Gasteiger partial charge in [0.15, 0.2) is 0 Å². The molecular weight excluding hydrogens is 314 g/mol. The summed E-state index contributed by atoms with van der Waals surface area (Å²) in [6.45, 7) is 3.25. The summed E-state index contributed by atoms with van der Waals surface area (Å²) >= 11 is 0. The summed E-state index contributed by atoms with van der Waals surface area (Å²) in [6, 6.07) is 11.6. The first-order chi connectivity index (χ1) is 12.3. The molecule has 0 amide bonds. The van der Waals surface area contributed by atoms with E-state index in [2.05, 4.69) is 46.1 Å². The number of likely N-dealkylation sites (tertiary alicyclic amines) is 1. The molecular formula is C20H31N3O2. The summed E-state index contributed by atoms with van der Waals surface area (Å²) in [4.78, 5) is 2.67. The highest BCUT2D eigenvalue weighted by atomic mass is 16.5. The molecule has 1 saturated carbocycles. The molecule has 138 valence electrons. The minimum absolute atomic E-state index is 0.0384. The fourth-order valence-electron chi connectivity index (χ4n) is 5.21. The van der Waals surface area contributed by atoms with Crippen molar-refractivity contribution in [3.05, 3.63) is 35.9 Å². The second-order valence-electron chi connectivity index (χ2n) is 7.84. The lowest BCUT2D eigenvalue weighted by Gasteiger charge is -2.44. The highest BCUT2D eigenvalue weighted by Gasteiger charge is 2.51. The van der Waals surface area contributed by atoms with Gasteiger partial charge in [0.1, 0.15) is 0 Å². The van der Waals surface area contributed by atoms with Crippen molar-refractivity contribution < 1.29 is 9.47 Å². The van der Waals surface area contributed by atoms with Crippen molar-refractivity contribution in [2.75, 3.05) is 33.9 Å². The molecule has 2 heterocycles. The molecule has 3 fully saturated rings. The summed E-state index contributed by atoms with van der Waals surface area (Å²) in [5, 5.41) is 0. The number of ether oxygens (including phenoxy) is 2. The molecule has 2 unspecified atom stereocenters. The molecule has 2 N–H and O–H groups in total. The molecule has 1 aromatic rings. The molecule has 5 atom stereocenters. The van der Waals surface area contributed by atoms with E-state index in [0.717, 1.165) is 45.3 Å². The van der Waals surface area contributed by atoms with E-state index >= 15 is 0 Å². The third-order valence-corrected chi connectivity index (χ3v) is 6.71. The largest absolute Gasteiger partial charge is 0.381 e. The number of hydrogen-bond donors (Lipinski definition) is 2. The lowest BCUT2D eigenvalue weighted by atomic mass is 9.79. The van der Waals surface area contributed by atoms with Gasteiger partial charge in [-0.15, -0.1) is 0 Å². The fourth-order valence-corrected chi connectivity index (χ4v) is 5.21. The van der Waals surface area contributed by atoms with Crippen molar-refractivity contribution in [1.29, 1.82) is 0 Å². The average Bonchev–Trinajstić information content (AvgIpc) is 3.28. The summed E-state index contributed by atoms with van der Waals surface area (Å²) < 4.78 is 11.8. The van der Waals surface area contributed by atoms with Gasteiger partial charge < -0.3 is 9.47 Å². The van der Waals surface area contributed by atoms with Crippen LogP contribution in [0.2, 0.25) is 0 Å². The molecule has 5 heteroatoms. The van der Waals surface area contributed by atoms with Crippen LogP contribution < -0.4 is 10.9 Å². The maximum atomic E-state index is 6.07. The Balaban J connectivity index is 1.48. The summed E-state index contributed by atoms with van der Waals surface area (Å²) in [6.07, 6.45) is 4.85. The Labute approximate surface area is 151 Å². The molecule has 1 aromatic carbocycles. The van der Waals surface area contributed by atoms with Gasteiger partial charge >= 0.3 is 0 Å². The molecule has 0 spiro atoms. The fraction of sp³-hybridized carbons (Fsp3) is 0.700. The van der Waals surface area contributed by atoms with Crippen molar-refractivity contribution in [2.45, 2.75) is 49.5 Å². The number of hydrogen-bond acceptors (Lipinski definition) is 5. The molecule has 0 bridgehead atoms. The zero-order chi connectivity index (χ0) is 17.3. The topological polar surface area (TPSA) is 45.8 Å². The van der Waals surface area contributed by atoms with Crippen LogP contribution in [-0.2, 0) is 9.47 Å². The number of fused-ring (bicyclic) bond motifs is 1. The summed E-state index contributed by atoms with van der Waals surface area (Å²) in [5.41, 5.74) is 8.26. The van der Waals surface area contributed by atoms with Crippen LogP contribution >= 0.6 is 0 Å². The van der Waals surface area contributed by atoms with E-state index in [1.807, 2.05) is 14.2 Å². The van der Waals surface area contributed by atoms with Gasteiger partial charge in [-0.2, -0.15) is 0 Å². The van der Waals surface area contributed by atoms with Crippen LogP contribution in [-0.4, -0.2) is 56.5 Å². The Morgan fingerprint density at radius 3 is 2.80 bits per heavy atom. The molecule has 2 saturated heterocycles.